The molecular weight excluding hydrogens is 146 g/mol. The molecule has 0 spiro atoms. The van der Waals surface area contributed by atoms with E-state index in [2.05, 4.69) is 26.0 Å². The largest absolute Gasteiger partial charge is 0.198 e. The Balaban J connectivity index is 2.41. The average molecular weight is 163 g/mol. The molecule has 0 bridgehead atoms. The summed E-state index contributed by atoms with van der Waals surface area (Å²) in [5.41, 5.74) is 1.52. The first-order valence-corrected chi connectivity index (χ1v) is 4.76. The van der Waals surface area contributed by atoms with Gasteiger partial charge in [0.15, 0.2) is 0 Å². The van der Waals surface area contributed by atoms with Crippen LogP contribution in [0.5, 0.6) is 0 Å². The molecule has 1 aliphatic rings. The SMILES string of the molecule is CC1=CC[C@@H]([C@@H](C)CC#N)CC1. The lowest BCUT2D eigenvalue weighted by Crippen LogP contribution is -2.13. The van der Waals surface area contributed by atoms with Crippen LogP contribution in [-0.2, 0) is 0 Å². The van der Waals surface area contributed by atoms with Crippen LogP contribution in [0.15, 0.2) is 11.6 Å². The number of rotatable bonds is 2. The lowest BCUT2D eigenvalue weighted by Gasteiger charge is -2.24. The fraction of sp³-hybridized carbons (Fsp3) is 0.727. The maximum atomic E-state index is 8.55. The van der Waals surface area contributed by atoms with E-state index in [1.165, 1.54) is 24.8 Å². The van der Waals surface area contributed by atoms with Gasteiger partial charge in [0, 0.05) is 6.42 Å². The van der Waals surface area contributed by atoms with Gasteiger partial charge in [-0.15, -0.1) is 0 Å². The van der Waals surface area contributed by atoms with Crippen molar-refractivity contribution in [2.45, 2.75) is 39.5 Å². The van der Waals surface area contributed by atoms with Crippen LogP contribution in [0.3, 0.4) is 0 Å². The van der Waals surface area contributed by atoms with Gasteiger partial charge in [-0.1, -0.05) is 18.6 Å². The first-order chi connectivity index (χ1) is 5.74. The molecule has 66 valence electrons. The summed E-state index contributed by atoms with van der Waals surface area (Å²) in [6.45, 7) is 4.40. The van der Waals surface area contributed by atoms with E-state index in [9.17, 15) is 0 Å². The molecule has 1 heteroatoms. The Morgan fingerprint density at radius 3 is 3.00 bits per heavy atom. The predicted octanol–water partition coefficient (Wildman–Crippen LogP) is 3.28. The van der Waals surface area contributed by atoms with E-state index >= 15 is 0 Å². The van der Waals surface area contributed by atoms with Gasteiger partial charge >= 0.3 is 0 Å². The van der Waals surface area contributed by atoms with Crippen LogP contribution >= 0.6 is 0 Å². The zero-order chi connectivity index (χ0) is 8.97. The lowest BCUT2D eigenvalue weighted by atomic mass is 9.81. The second kappa shape index (κ2) is 4.30. The van der Waals surface area contributed by atoms with Gasteiger partial charge in [-0.25, -0.2) is 0 Å². The van der Waals surface area contributed by atoms with Crippen LogP contribution < -0.4 is 0 Å². The number of hydrogen-bond donors (Lipinski definition) is 0. The number of allylic oxidation sites excluding steroid dienone is 2. The van der Waals surface area contributed by atoms with Crippen LogP contribution in [-0.4, -0.2) is 0 Å². The second-order valence-corrected chi connectivity index (χ2v) is 3.92. The van der Waals surface area contributed by atoms with Gasteiger partial charge in [-0.3, -0.25) is 0 Å². The van der Waals surface area contributed by atoms with Crippen molar-refractivity contribution in [1.29, 1.82) is 5.26 Å². The third kappa shape index (κ3) is 2.37. The van der Waals surface area contributed by atoms with E-state index in [0.717, 1.165) is 12.3 Å². The van der Waals surface area contributed by atoms with Gasteiger partial charge in [0.25, 0.3) is 0 Å². The second-order valence-electron chi connectivity index (χ2n) is 3.92. The van der Waals surface area contributed by atoms with E-state index in [1.807, 2.05) is 0 Å². The standard InChI is InChI=1S/C11H17N/c1-9-3-5-11(6-4-9)10(2)7-8-12/h3,10-11H,4-7H2,1-2H3/t10-,11+/m0/s1. The monoisotopic (exact) mass is 163 g/mol. The van der Waals surface area contributed by atoms with Crippen molar-refractivity contribution in [1.82, 2.24) is 0 Å². The van der Waals surface area contributed by atoms with Gasteiger partial charge in [0.1, 0.15) is 0 Å². The smallest absolute Gasteiger partial charge is 0.0624 e. The zero-order valence-corrected chi connectivity index (χ0v) is 8.01. The van der Waals surface area contributed by atoms with Crippen molar-refractivity contribution in [2.24, 2.45) is 11.8 Å². The zero-order valence-electron chi connectivity index (χ0n) is 8.01. The van der Waals surface area contributed by atoms with Crippen LogP contribution in [0.2, 0.25) is 0 Å². The molecule has 0 aliphatic heterocycles. The molecule has 0 radical (unpaired) electrons. The molecule has 0 aromatic rings. The molecule has 0 aromatic carbocycles. The third-order valence-electron chi connectivity index (χ3n) is 2.90. The minimum Gasteiger partial charge on any atom is -0.198 e. The molecule has 12 heavy (non-hydrogen) atoms. The predicted molar refractivity (Wildman–Crippen MR) is 50.5 cm³/mol. The minimum absolute atomic E-state index is 0.583. The van der Waals surface area contributed by atoms with Gasteiger partial charge < -0.3 is 0 Å². The van der Waals surface area contributed by atoms with Crippen molar-refractivity contribution < 1.29 is 0 Å². The molecule has 0 aromatic heterocycles. The molecule has 0 N–H and O–H groups in total. The van der Waals surface area contributed by atoms with Crippen molar-refractivity contribution in [3.05, 3.63) is 11.6 Å². The number of hydrogen-bond acceptors (Lipinski definition) is 1. The topological polar surface area (TPSA) is 23.8 Å². The Morgan fingerprint density at radius 2 is 2.50 bits per heavy atom. The molecule has 0 heterocycles. The van der Waals surface area contributed by atoms with Crippen LogP contribution in [0.1, 0.15) is 39.5 Å². The van der Waals surface area contributed by atoms with Gasteiger partial charge in [0.05, 0.1) is 6.07 Å². The molecule has 2 atom stereocenters. The number of nitriles is 1. The molecule has 0 saturated carbocycles. The molecular formula is C11H17N. The fourth-order valence-electron chi connectivity index (χ4n) is 1.81. The van der Waals surface area contributed by atoms with Gasteiger partial charge in [-0.2, -0.15) is 5.26 Å². The highest BCUT2D eigenvalue weighted by Gasteiger charge is 2.18. The molecule has 0 fully saturated rings. The van der Waals surface area contributed by atoms with Crippen LogP contribution in [0, 0.1) is 23.2 Å². The number of nitrogens with zero attached hydrogens (tertiary/aromatic N) is 1. The van der Waals surface area contributed by atoms with Crippen molar-refractivity contribution in [3.63, 3.8) is 0 Å². The average Bonchev–Trinajstić information content (AvgIpc) is 2.06. The summed E-state index contributed by atoms with van der Waals surface area (Å²) >= 11 is 0. The summed E-state index contributed by atoms with van der Waals surface area (Å²) in [7, 11) is 0. The normalized spacial score (nSPS) is 25.8. The highest BCUT2D eigenvalue weighted by molar-refractivity contribution is 5.03. The van der Waals surface area contributed by atoms with E-state index in [0.29, 0.717) is 5.92 Å². The summed E-state index contributed by atoms with van der Waals surface area (Å²) < 4.78 is 0. The van der Waals surface area contributed by atoms with E-state index in [-0.39, 0.29) is 0 Å². The van der Waals surface area contributed by atoms with Crippen LogP contribution in [0.4, 0.5) is 0 Å². The van der Waals surface area contributed by atoms with E-state index in [4.69, 9.17) is 5.26 Å². The molecule has 1 rings (SSSR count). The third-order valence-corrected chi connectivity index (χ3v) is 2.90. The van der Waals surface area contributed by atoms with E-state index < -0.39 is 0 Å². The first-order valence-electron chi connectivity index (χ1n) is 4.76. The van der Waals surface area contributed by atoms with Gasteiger partial charge in [0.2, 0.25) is 0 Å². The Morgan fingerprint density at radius 1 is 1.75 bits per heavy atom. The lowest BCUT2D eigenvalue weighted by molar-refractivity contribution is 0.332. The van der Waals surface area contributed by atoms with Gasteiger partial charge in [-0.05, 0) is 38.0 Å². The Hall–Kier alpha value is -0.770. The summed E-state index contributed by atoms with van der Waals surface area (Å²) in [4.78, 5) is 0. The summed E-state index contributed by atoms with van der Waals surface area (Å²) in [5, 5.41) is 8.55. The maximum absolute atomic E-state index is 8.55. The molecule has 1 aliphatic carbocycles. The van der Waals surface area contributed by atoms with Crippen molar-refractivity contribution in [2.75, 3.05) is 0 Å². The van der Waals surface area contributed by atoms with Crippen LogP contribution in [0.25, 0.3) is 0 Å². The minimum atomic E-state index is 0.583. The summed E-state index contributed by atoms with van der Waals surface area (Å²) in [5.74, 6) is 1.34. The summed E-state index contributed by atoms with van der Waals surface area (Å²) in [6, 6.07) is 2.26. The highest BCUT2D eigenvalue weighted by atomic mass is 14.3. The fourth-order valence-corrected chi connectivity index (χ4v) is 1.81. The summed E-state index contributed by atoms with van der Waals surface area (Å²) in [6.07, 6.45) is 6.76. The highest BCUT2D eigenvalue weighted by Crippen LogP contribution is 2.30. The first kappa shape index (κ1) is 9.32. The Kier molecular flexibility index (Phi) is 3.34. The maximum Gasteiger partial charge on any atom is 0.0624 e. The van der Waals surface area contributed by atoms with E-state index in [1.54, 1.807) is 0 Å². The quantitative estimate of drug-likeness (QED) is 0.573. The molecule has 1 nitrogen and oxygen atoms in total. The Labute approximate surface area is 75.1 Å². The molecule has 0 unspecified atom stereocenters. The molecule has 0 amide bonds. The Bertz CT molecular complexity index is 210. The molecule has 0 saturated heterocycles. The van der Waals surface area contributed by atoms with Crippen molar-refractivity contribution in [3.8, 4) is 6.07 Å². The van der Waals surface area contributed by atoms with Crippen molar-refractivity contribution >= 4 is 0 Å².